The quantitative estimate of drug-likeness (QED) is 0.454. The normalized spacial score (nSPS) is 9.80. The Balaban J connectivity index is 3.19. The third-order valence-corrected chi connectivity index (χ3v) is 1.70. The molecule has 0 N–H and O–H groups in total. The van der Waals surface area contributed by atoms with Gasteiger partial charge in [0.15, 0.2) is 0 Å². The average molecular weight is 163 g/mol. The first-order valence-electron chi connectivity index (χ1n) is 2.73. The second kappa shape index (κ2) is 6.91. The minimum atomic E-state index is -1.22. The Morgan fingerprint density at radius 3 is 2.40 bits per heavy atom. The molecule has 0 aliphatic rings. The van der Waals surface area contributed by atoms with E-state index in [0.717, 1.165) is 0 Å². The summed E-state index contributed by atoms with van der Waals surface area (Å²) in [6.07, 6.45) is 0.367. The minimum Gasteiger partial charge on any atom is -0.316 e. The van der Waals surface area contributed by atoms with E-state index in [0.29, 0.717) is 13.0 Å². The van der Waals surface area contributed by atoms with Crippen LogP contribution in [0.25, 0.3) is 0 Å². The van der Waals surface area contributed by atoms with Crippen molar-refractivity contribution in [2.24, 2.45) is 0 Å². The van der Waals surface area contributed by atoms with Gasteiger partial charge in [-0.05, 0) is 0 Å². The van der Waals surface area contributed by atoms with Gasteiger partial charge in [-0.25, -0.2) is 0 Å². The first kappa shape index (κ1) is 9.80. The van der Waals surface area contributed by atoms with Crippen molar-refractivity contribution in [1.29, 1.82) is 5.26 Å². The topological polar surface area (TPSA) is 51.5 Å². The van der Waals surface area contributed by atoms with E-state index in [1.54, 1.807) is 0 Å². The van der Waals surface area contributed by atoms with Crippen LogP contribution in [0.1, 0.15) is 6.42 Å². The number of hydrogen-bond acceptors (Lipinski definition) is 4. The van der Waals surface area contributed by atoms with Crippen LogP contribution in [-0.4, -0.2) is 20.8 Å². The van der Waals surface area contributed by atoms with Crippen molar-refractivity contribution in [3.05, 3.63) is 0 Å². The molecule has 0 saturated heterocycles. The maximum absolute atomic E-state index is 8.12. The van der Waals surface area contributed by atoms with Gasteiger partial charge in [0.05, 0.1) is 19.1 Å². The molecule has 0 aliphatic carbocycles. The average Bonchev–Trinajstić information content (AvgIpc) is 1.99. The van der Waals surface area contributed by atoms with Crippen molar-refractivity contribution in [3.63, 3.8) is 0 Å². The highest BCUT2D eigenvalue weighted by atomic mass is 31.2. The number of nitrogens with zero attached hydrogens (tertiary/aromatic N) is 1. The molecule has 5 heteroatoms. The molecule has 0 heterocycles. The predicted octanol–water partition coefficient (Wildman–Crippen LogP) is 1.44. The predicted molar refractivity (Wildman–Crippen MR) is 37.1 cm³/mol. The highest BCUT2D eigenvalue weighted by molar-refractivity contribution is 7.41. The Hall–Kier alpha value is -0.200. The zero-order chi connectivity index (χ0) is 7.82. The summed E-state index contributed by atoms with van der Waals surface area (Å²) < 4.78 is 14.5. The van der Waals surface area contributed by atoms with Crippen molar-refractivity contribution in [3.8, 4) is 6.07 Å². The summed E-state index contributed by atoms with van der Waals surface area (Å²) in [6.45, 7) is 0.365. The van der Waals surface area contributed by atoms with E-state index < -0.39 is 8.60 Å². The van der Waals surface area contributed by atoms with Crippen LogP contribution in [0.4, 0.5) is 0 Å². The number of hydrogen-bond donors (Lipinski definition) is 0. The van der Waals surface area contributed by atoms with Crippen LogP contribution in [0, 0.1) is 11.3 Å². The van der Waals surface area contributed by atoms with Crippen LogP contribution >= 0.6 is 8.60 Å². The van der Waals surface area contributed by atoms with Gasteiger partial charge in [-0.2, -0.15) is 5.26 Å². The van der Waals surface area contributed by atoms with Crippen LogP contribution in [0.15, 0.2) is 0 Å². The summed E-state index contributed by atoms with van der Waals surface area (Å²) in [5.74, 6) is 0. The van der Waals surface area contributed by atoms with Crippen LogP contribution < -0.4 is 0 Å². The molecule has 0 bridgehead atoms. The zero-order valence-corrected chi connectivity index (χ0v) is 6.93. The Morgan fingerprint density at radius 2 is 2.00 bits per heavy atom. The fourth-order valence-electron chi connectivity index (χ4n) is 0.346. The highest BCUT2D eigenvalue weighted by Crippen LogP contribution is 2.36. The first-order chi connectivity index (χ1) is 4.85. The molecule has 0 atom stereocenters. The number of rotatable bonds is 5. The lowest BCUT2D eigenvalue weighted by atomic mass is 10.5. The monoisotopic (exact) mass is 163 g/mol. The summed E-state index contributed by atoms with van der Waals surface area (Å²) in [5, 5.41) is 8.12. The molecule has 0 fully saturated rings. The molecule has 10 heavy (non-hydrogen) atoms. The largest absolute Gasteiger partial charge is 0.332 e. The van der Waals surface area contributed by atoms with E-state index in [1.807, 2.05) is 6.07 Å². The molecule has 4 nitrogen and oxygen atoms in total. The van der Waals surface area contributed by atoms with Crippen LogP contribution in [-0.2, 0) is 13.6 Å². The second-order valence-corrected chi connectivity index (χ2v) is 2.77. The van der Waals surface area contributed by atoms with Crippen molar-refractivity contribution < 1.29 is 13.6 Å². The fraction of sp³-hybridized carbons (Fsp3) is 0.800. The Labute approximate surface area is 61.7 Å². The van der Waals surface area contributed by atoms with Crippen LogP contribution in [0.5, 0.6) is 0 Å². The first-order valence-corrected chi connectivity index (χ1v) is 3.83. The van der Waals surface area contributed by atoms with E-state index in [9.17, 15) is 0 Å². The lowest BCUT2D eigenvalue weighted by molar-refractivity contribution is 0.209. The zero-order valence-electron chi connectivity index (χ0n) is 6.03. The highest BCUT2D eigenvalue weighted by Gasteiger charge is 2.05. The SMILES string of the molecule is COP(OC)OCCC#N. The van der Waals surface area contributed by atoms with Gasteiger partial charge in [0, 0.05) is 14.2 Å². The smallest absolute Gasteiger partial charge is 0.316 e. The Bertz CT molecular complexity index is 110. The van der Waals surface area contributed by atoms with E-state index in [2.05, 4.69) is 0 Å². The third kappa shape index (κ3) is 4.66. The molecule has 0 amide bonds. The van der Waals surface area contributed by atoms with Crippen LogP contribution in [0.2, 0.25) is 0 Å². The lowest BCUT2D eigenvalue weighted by Gasteiger charge is -2.09. The molecular weight excluding hydrogens is 153 g/mol. The summed E-state index contributed by atoms with van der Waals surface area (Å²) in [5.41, 5.74) is 0. The standard InChI is InChI=1S/C5H10NO3P/c1-7-10(8-2)9-5-3-4-6/h3,5H2,1-2H3. The van der Waals surface area contributed by atoms with Crippen molar-refractivity contribution in [2.75, 3.05) is 20.8 Å². The van der Waals surface area contributed by atoms with Crippen molar-refractivity contribution >= 4 is 8.60 Å². The summed E-state index contributed by atoms with van der Waals surface area (Å²) in [6, 6.07) is 1.95. The molecule has 0 aliphatic heterocycles. The molecule has 0 rings (SSSR count). The van der Waals surface area contributed by atoms with Gasteiger partial charge >= 0.3 is 8.60 Å². The van der Waals surface area contributed by atoms with Crippen molar-refractivity contribution in [2.45, 2.75) is 6.42 Å². The summed E-state index contributed by atoms with van der Waals surface area (Å²) >= 11 is 0. The summed E-state index contributed by atoms with van der Waals surface area (Å²) in [4.78, 5) is 0. The Morgan fingerprint density at radius 1 is 1.40 bits per heavy atom. The van der Waals surface area contributed by atoms with Gasteiger partial charge in [0.1, 0.15) is 0 Å². The minimum absolute atomic E-state index is 0.365. The Kier molecular flexibility index (Phi) is 6.78. The second-order valence-electron chi connectivity index (χ2n) is 1.33. The maximum Gasteiger partial charge on any atom is 0.332 e. The summed E-state index contributed by atoms with van der Waals surface area (Å²) in [7, 11) is 1.78. The van der Waals surface area contributed by atoms with Gasteiger partial charge in [-0.15, -0.1) is 0 Å². The molecule has 0 aromatic heterocycles. The molecule has 0 aromatic rings. The maximum atomic E-state index is 8.12. The van der Waals surface area contributed by atoms with Gasteiger partial charge < -0.3 is 13.6 Å². The van der Waals surface area contributed by atoms with Gasteiger partial charge in [-0.1, -0.05) is 0 Å². The molecular formula is C5H10NO3P. The van der Waals surface area contributed by atoms with E-state index >= 15 is 0 Å². The lowest BCUT2D eigenvalue weighted by Crippen LogP contribution is -1.90. The van der Waals surface area contributed by atoms with Crippen molar-refractivity contribution in [1.82, 2.24) is 0 Å². The fourth-order valence-corrected chi connectivity index (χ4v) is 0.946. The molecule has 0 unspecified atom stereocenters. The van der Waals surface area contributed by atoms with E-state index in [-0.39, 0.29) is 0 Å². The number of nitriles is 1. The molecule has 0 spiro atoms. The molecule has 0 aromatic carbocycles. The van der Waals surface area contributed by atoms with Gasteiger partial charge in [0.2, 0.25) is 0 Å². The van der Waals surface area contributed by atoms with Gasteiger partial charge in [-0.3, -0.25) is 0 Å². The van der Waals surface area contributed by atoms with E-state index in [1.165, 1.54) is 14.2 Å². The molecule has 0 radical (unpaired) electrons. The van der Waals surface area contributed by atoms with Crippen LogP contribution in [0.3, 0.4) is 0 Å². The molecule has 58 valence electrons. The van der Waals surface area contributed by atoms with E-state index in [4.69, 9.17) is 18.8 Å². The molecule has 0 saturated carbocycles. The third-order valence-electron chi connectivity index (χ3n) is 0.709. The van der Waals surface area contributed by atoms with Gasteiger partial charge in [0.25, 0.3) is 0 Å².